The fraction of sp³-hybridized carbons (Fsp3) is 0.421. The minimum atomic E-state index is -0.204. The molecule has 0 spiro atoms. The number of aromatic nitrogens is 2. The van der Waals surface area contributed by atoms with E-state index in [-0.39, 0.29) is 17.2 Å². The van der Waals surface area contributed by atoms with Gasteiger partial charge in [-0.2, -0.15) is 0 Å². The Labute approximate surface area is 177 Å². The number of methoxy groups -OCH3 is 3. The Hall–Kier alpha value is -2.17. The molecule has 1 aliphatic rings. The Morgan fingerprint density at radius 2 is 2.07 bits per heavy atom. The molecule has 1 N–H and O–H groups in total. The summed E-state index contributed by atoms with van der Waals surface area (Å²) < 4.78 is 17.2. The summed E-state index contributed by atoms with van der Waals surface area (Å²) in [5, 5.41) is 3.37. The standard InChI is InChI=1S/C19H23N3O5S2/c1-25-8-7-22-18(24)17-13(6-9-28-17)21-19(22)29-11-16(23)20-12-4-5-14(26-2)15(10-12)27-3/h4-5,10H,6-9,11H2,1-3H3,(H,20,23). The highest BCUT2D eigenvalue weighted by atomic mass is 32.2. The molecule has 0 radical (unpaired) electrons. The lowest BCUT2D eigenvalue weighted by molar-refractivity contribution is -0.113. The summed E-state index contributed by atoms with van der Waals surface area (Å²) in [4.78, 5) is 30.5. The summed E-state index contributed by atoms with van der Waals surface area (Å²) in [7, 11) is 4.68. The van der Waals surface area contributed by atoms with Crippen LogP contribution in [0.2, 0.25) is 0 Å². The number of anilines is 1. The number of hydrogen-bond donors (Lipinski definition) is 1. The van der Waals surface area contributed by atoms with Crippen LogP contribution in [0.4, 0.5) is 5.69 Å². The zero-order chi connectivity index (χ0) is 20.8. The second-order valence-corrected chi connectivity index (χ2v) is 8.17. The quantitative estimate of drug-likeness (QED) is 0.472. The number of rotatable bonds is 9. The van der Waals surface area contributed by atoms with Gasteiger partial charge in [0.15, 0.2) is 16.7 Å². The molecule has 0 saturated heterocycles. The number of thioether (sulfide) groups is 2. The molecule has 1 amide bonds. The Balaban J connectivity index is 1.71. The van der Waals surface area contributed by atoms with Crippen molar-refractivity contribution >= 4 is 35.1 Å². The van der Waals surface area contributed by atoms with E-state index in [1.165, 1.54) is 30.6 Å². The summed E-state index contributed by atoms with van der Waals surface area (Å²) in [6, 6.07) is 5.16. The van der Waals surface area contributed by atoms with Crippen LogP contribution in [-0.2, 0) is 22.5 Å². The Morgan fingerprint density at radius 3 is 2.79 bits per heavy atom. The number of carbonyl (C=O) groups excluding carboxylic acids is 1. The van der Waals surface area contributed by atoms with E-state index >= 15 is 0 Å². The zero-order valence-corrected chi connectivity index (χ0v) is 18.2. The molecule has 8 nitrogen and oxygen atoms in total. The van der Waals surface area contributed by atoms with Gasteiger partial charge in [0.25, 0.3) is 5.56 Å². The number of carbonyl (C=O) groups is 1. The van der Waals surface area contributed by atoms with Gasteiger partial charge in [0.2, 0.25) is 5.91 Å². The largest absolute Gasteiger partial charge is 0.493 e. The molecule has 0 fully saturated rings. The molecule has 156 valence electrons. The number of aryl methyl sites for hydroxylation is 1. The molecule has 2 aromatic rings. The Morgan fingerprint density at radius 1 is 1.28 bits per heavy atom. The summed E-state index contributed by atoms with van der Waals surface area (Å²) >= 11 is 2.78. The van der Waals surface area contributed by atoms with Gasteiger partial charge in [-0.25, -0.2) is 4.98 Å². The number of fused-ring (bicyclic) bond motifs is 1. The number of nitrogens with one attached hydrogen (secondary N) is 1. The molecular formula is C19H23N3O5S2. The van der Waals surface area contributed by atoms with E-state index in [1.54, 1.807) is 37.0 Å². The first-order valence-corrected chi connectivity index (χ1v) is 10.9. The normalized spacial score (nSPS) is 12.5. The first-order chi connectivity index (χ1) is 14.1. The van der Waals surface area contributed by atoms with Gasteiger partial charge in [-0.15, -0.1) is 11.8 Å². The molecule has 1 aromatic carbocycles. The van der Waals surface area contributed by atoms with Gasteiger partial charge in [-0.05, 0) is 12.1 Å². The molecule has 0 atom stereocenters. The predicted molar refractivity (Wildman–Crippen MR) is 114 cm³/mol. The van der Waals surface area contributed by atoms with E-state index in [1.807, 2.05) is 0 Å². The smallest absolute Gasteiger partial charge is 0.268 e. The lowest BCUT2D eigenvalue weighted by Gasteiger charge is -2.13. The monoisotopic (exact) mass is 437 g/mol. The Bertz CT molecular complexity index is 948. The van der Waals surface area contributed by atoms with E-state index in [0.717, 1.165) is 17.9 Å². The highest BCUT2D eigenvalue weighted by Crippen LogP contribution is 2.30. The fourth-order valence-electron chi connectivity index (χ4n) is 2.85. The summed E-state index contributed by atoms with van der Waals surface area (Å²) in [6.45, 7) is 0.798. The van der Waals surface area contributed by atoms with Crippen LogP contribution in [0.5, 0.6) is 11.5 Å². The van der Waals surface area contributed by atoms with E-state index < -0.39 is 0 Å². The molecule has 3 rings (SSSR count). The van der Waals surface area contributed by atoms with Crippen molar-refractivity contribution in [1.29, 1.82) is 0 Å². The third-order valence-corrected chi connectivity index (χ3v) is 6.35. The van der Waals surface area contributed by atoms with Crippen LogP contribution in [0.3, 0.4) is 0 Å². The molecule has 29 heavy (non-hydrogen) atoms. The third kappa shape index (κ3) is 5.06. The highest BCUT2D eigenvalue weighted by molar-refractivity contribution is 8.00. The highest BCUT2D eigenvalue weighted by Gasteiger charge is 2.22. The lowest BCUT2D eigenvalue weighted by Crippen LogP contribution is -2.27. The molecule has 0 aliphatic carbocycles. The minimum Gasteiger partial charge on any atom is -0.493 e. The van der Waals surface area contributed by atoms with E-state index in [2.05, 4.69) is 10.3 Å². The minimum absolute atomic E-state index is 0.0580. The van der Waals surface area contributed by atoms with E-state index in [9.17, 15) is 9.59 Å². The van der Waals surface area contributed by atoms with Gasteiger partial charge in [-0.3, -0.25) is 14.2 Å². The Kier molecular flexibility index (Phi) is 7.45. The maximum Gasteiger partial charge on any atom is 0.268 e. The van der Waals surface area contributed by atoms with Crippen LogP contribution >= 0.6 is 23.5 Å². The molecule has 0 bridgehead atoms. The number of nitrogens with zero attached hydrogens (tertiary/aromatic N) is 2. The molecule has 1 aliphatic heterocycles. The van der Waals surface area contributed by atoms with Crippen LogP contribution < -0.4 is 20.3 Å². The average Bonchev–Trinajstić information content (AvgIpc) is 3.20. The third-order valence-electron chi connectivity index (χ3n) is 4.27. The number of ether oxygens (including phenoxy) is 3. The second kappa shape index (κ2) is 10.0. The fourth-order valence-corrected chi connectivity index (χ4v) is 4.74. The maximum atomic E-state index is 12.8. The van der Waals surface area contributed by atoms with Crippen molar-refractivity contribution < 1.29 is 19.0 Å². The summed E-state index contributed by atoms with van der Waals surface area (Å²) in [5.74, 6) is 1.89. The molecule has 2 heterocycles. The lowest BCUT2D eigenvalue weighted by atomic mass is 10.2. The molecule has 0 saturated carbocycles. The SMILES string of the molecule is COCCn1c(SCC(=O)Nc2ccc(OC)c(OC)c2)nc2c(c1=O)SCC2. The van der Waals surface area contributed by atoms with Crippen molar-refractivity contribution in [3.8, 4) is 11.5 Å². The van der Waals surface area contributed by atoms with Crippen LogP contribution in [0.25, 0.3) is 0 Å². The van der Waals surface area contributed by atoms with Crippen LogP contribution in [-0.4, -0.2) is 54.9 Å². The van der Waals surface area contributed by atoms with Crippen LogP contribution in [0.1, 0.15) is 5.69 Å². The van der Waals surface area contributed by atoms with Crippen molar-refractivity contribution in [2.75, 3.05) is 44.8 Å². The van der Waals surface area contributed by atoms with Crippen molar-refractivity contribution in [3.63, 3.8) is 0 Å². The molecular weight excluding hydrogens is 414 g/mol. The predicted octanol–water partition coefficient (Wildman–Crippen LogP) is 2.29. The summed E-state index contributed by atoms with van der Waals surface area (Å²) in [5.41, 5.74) is 1.36. The van der Waals surface area contributed by atoms with Crippen LogP contribution in [0.15, 0.2) is 33.0 Å². The molecule has 1 aromatic heterocycles. The number of hydrogen-bond acceptors (Lipinski definition) is 8. The van der Waals surface area contributed by atoms with Gasteiger partial charge >= 0.3 is 0 Å². The number of benzene rings is 1. The second-order valence-electron chi connectivity index (χ2n) is 6.12. The first kappa shape index (κ1) is 21.5. The average molecular weight is 438 g/mol. The van der Waals surface area contributed by atoms with Crippen LogP contribution in [0, 0.1) is 0 Å². The van der Waals surface area contributed by atoms with Gasteiger partial charge in [0, 0.05) is 31.0 Å². The first-order valence-electron chi connectivity index (χ1n) is 8.97. The molecule has 10 heteroatoms. The van der Waals surface area contributed by atoms with Crippen molar-refractivity contribution in [2.45, 2.75) is 23.0 Å². The maximum absolute atomic E-state index is 12.8. The zero-order valence-electron chi connectivity index (χ0n) is 16.5. The van der Waals surface area contributed by atoms with Crippen molar-refractivity contribution in [3.05, 3.63) is 34.2 Å². The van der Waals surface area contributed by atoms with Crippen molar-refractivity contribution in [2.24, 2.45) is 0 Å². The summed E-state index contributed by atoms with van der Waals surface area (Å²) in [6.07, 6.45) is 0.770. The van der Waals surface area contributed by atoms with Gasteiger partial charge in [0.1, 0.15) is 0 Å². The van der Waals surface area contributed by atoms with Crippen molar-refractivity contribution in [1.82, 2.24) is 9.55 Å². The van der Waals surface area contributed by atoms with Gasteiger partial charge < -0.3 is 19.5 Å². The topological polar surface area (TPSA) is 91.7 Å². The number of amides is 1. The van der Waals surface area contributed by atoms with Gasteiger partial charge in [-0.1, -0.05) is 11.8 Å². The molecule has 0 unspecified atom stereocenters. The van der Waals surface area contributed by atoms with E-state index in [4.69, 9.17) is 14.2 Å². The van der Waals surface area contributed by atoms with Gasteiger partial charge in [0.05, 0.1) is 43.7 Å². The van der Waals surface area contributed by atoms with E-state index in [0.29, 0.717) is 40.4 Å².